The fraction of sp³-hybridized carbons (Fsp3) is 0.400. The van der Waals surface area contributed by atoms with Crippen molar-refractivity contribution >= 4 is 29.8 Å². The zero-order valence-electron chi connectivity index (χ0n) is 34.7. The van der Waals surface area contributed by atoms with E-state index in [1.165, 1.54) is 0 Å². The van der Waals surface area contributed by atoms with Gasteiger partial charge >= 0.3 is 12.1 Å². The summed E-state index contributed by atoms with van der Waals surface area (Å²) in [6, 6.07) is 20.4. The molecule has 58 heavy (non-hydrogen) atoms. The number of carboxylic acids is 1. The van der Waals surface area contributed by atoms with E-state index >= 15 is 0 Å². The van der Waals surface area contributed by atoms with E-state index in [1.54, 1.807) is 53.7 Å². The number of alkyl carbamates (subject to hydrolysis) is 1. The summed E-state index contributed by atoms with van der Waals surface area (Å²) >= 11 is 0. The van der Waals surface area contributed by atoms with Gasteiger partial charge in [0, 0.05) is 41.9 Å². The molecule has 4 rings (SSSR count). The molecule has 13 nitrogen and oxygen atoms in total. The van der Waals surface area contributed by atoms with E-state index in [-0.39, 0.29) is 29.9 Å². The lowest BCUT2D eigenvalue weighted by Gasteiger charge is -2.28. The number of ether oxygens (including phenoxy) is 1. The van der Waals surface area contributed by atoms with Crippen LogP contribution in [-0.4, -0.2) is 58.6 Å². The van der Waals surface area contributed by atoms with Crippen molar-refractivity contribution in [3.05, 3.63) is 120 Å². The first kappa shape index (κ1) is 44.6. The number of rotatable bonds is 17. The van der Waals surface area contributed by atoms with Crippen LogP contribution in [0.1, 0.15) is 88.9 Å². The van der Waals surface area contributed by atoms with Crippen molar-refractivity contribution in [2.24, 2.45) is 11.8 Å². The Labute approximate surface area is 341 Å². The number of pyridine rings is 2. The van der Waals surface area contributed by atoms with Gasteiger partial charge in [-0.25, -0.2) is 18.7 Å². The number of nitrogens with one attached hydrogen (secondary N) is 4. The van der Waals surface area contributed by atoms with Crippen LogP contribution in [-0.2, 0) is 38.8 Å². The van der Waals surface area contributed by atoms with Crippen LogP contribution in [0.3, 0.4) is 0 Å². The summed E-state index contributed by atoms with van der Waals surface area (Å²) in [5, 5.41) is 20.1. The number of nitrogens with zero attached hydrogens (tertiary/aromatic N) is 2. The van der Waals surface area contributed by atoms with E-state index in [4.69, 9.17) is 9.84 Å². The average molecular weight is 795 g/mol. The molecule has 2 heterocycles. The quantitative estimate of drug-likeness (QED) is 0.0945. The van der Waals surface area contributed by atoms with Gasteiger partial charge in [-0.05, 0) is 74.8 Å². The number of carboxylic acid groups (broad SMARTS) is 1. The molecule has 4 amide bonds. The average Bonchev–Trinajstić information content (AvgIpc) is 3.16. The first-order valence-corrected chi connectivity index (χ1v) is 19.6. The van der Waals surface area contributed by atoms with Crippen molar-refractivity contribution in [3.8, 4) is 11.1 Å². The molecule has 0 aliphatic rings. The SMILES string of the molecule is CC(C)C[C@H](NC(=O)[C@@H](NC(=O)OC(C)(C)C)C(C)C)C(=O)N[C@@H](C)C(=O)NCc1ccc(C[n+]2ccc(-c3cc[n+](Cc4ccc(C(=O)O)cc4)cc3)cc2)cc1. The highest BCUT2D eigenvalue weighted by atomic mass is 16.6. The molecule has 0 bridgehead atoms. The number of hydrogen-bond donors (Lipinski definition) is 5. The highest BCUT2D eigenvalue weighted by Crippen LogP contribution is 2.17. The van der Waals surface area contributed by atoms with Crippen molar-refractivity contribution in [2.45, 2.75) is 105 Å². The molecular formula is C45H58N6O7+2. The minimum absolute atomic E-state index is 0.0619. The topological polar surface area (TPSA) is 171 Å². The van der Waals surface area contributed by atoms with Crippen LogP contribution in [0.5, 0.6) is 0 Å². The molecule has 0 spiro atoms. The number of amides is 4. The smallest absolute Gasteiger partial charge is 0.408 e. The van der Waals surface area contributed by atoms with Gasteiger partial charge in [-0.2, -0.15) is 0 Å². The Hall–Kier alpha value is -6.11. The molecule has 0 aliphatic heterocycles. The number of carbonyl (C=O) groups is 5. The second-order valence-electron chi connectivity index (χ2n) is 16.3. The minimum Gasteiger partial charge on any atom is -0.478 e. The molecule has 0 aliphatic carbocycles. The van der Waals surface area contributed by atoms with Crippen LogP contribution in [0.4, 0.5) is 4.79 Å². The maximum absolute atomic E-state index is 13.3. The van der Waals surface area contributed by atoms with Gasteiger partial charge in [0.1, 0.15) is 23.7 Å². The van der Waals surface area contributed by atoms with Crippen LogP contribution in [0.15, 0.2) is 97.6 Å². The first-order chi connectivity index (χ1) is 27.4. The Bertz CT molecular complexity index is 2010. The standard InChI is InChI=1S/C45H56N6O7/c1-29(2)25-38(48-42(54)39(30(3)4)49-44(57)58-45(6,7)8)41(53)47-31(5)40(52)46-26-32-9-11-33(12-10-32)27-50-21-17-35(18-22-50)36-19-23-51(24-20-36)28-34-13-15-37(16-14-34)43(55)56/h9-24,29-31,38-39H,25-28H2,1-8H3,(H3-2,46,47,48,49,52,53,54,55,56,57)/p+2/t31-,38-,39-/m0/s1. The van der Waals surface area contributed by atoms with E-state index < -0.39 is 47.6 Å². The summed E-state index contributed by atoms with van der Waals surface area (Å²) in [6.07, 6.45) is 7.69. The third kappa shape index (κ3) is 14.1. The summed E-state index contributed by atoms with van der Waals surface area (Å²) in [7, 11) is 0. The van der Waals surface area contributed by atoms with E-state index in [1.807, 2.05) is 79.6 Å². The number of carbonyl (C=O) groups excluding carboxylic acids is 4. The summed E-state index contributed by atoms with van der Waals surface area (Å²) in [4.78, 5) is 63.2. The van der Waals surface area contributed by atoms with Gasteiger partial charge in [0.25, 0.3) is 0 Å². The van der Waals surface area contributed by atoms with Crippen molar-refractivity contribution in [1.29, 1.82) is 0 Å². The minimum atomic E-state index is -0.937. The Morgan fingerprint density at radius 2 is 1.12 bits per heavy atom. The molecule has 2 aromatic carbocycles. The molecular weight excluding hydrogens is 737 g/mol. The summed E-state index contributed by atoms with van der Waals surface area (Å²) < 4.78 is 9.45. The molecule has 0 unspecified atom stereocenters. The number of aromatic nitrogens is 2. The van der Waals surface area contributed by atoms with Gasteiger partial charge in [-0.15, -0.1) is 0 Å². The van der Waals surface area contributed by atoms with Gasteiger partial charge in [-0.1, -0.05) is 64.1 Å². The summed E-state index contributed by atoms with van der Waals surface area (Å²) in [6.45, 7) is 15.8. The van der Waals surface area contributed by atoms with E-state index in [0.717, 1.165) is 27.8 Å². The van der Waals surface area contributed by atoms with E-state index in [0.29, 0.717) is 19.5 Å². The largest absolute Gasteiger partial charge is 0.478 e. The molecule has 0 fully saturated rings. The zero-order valence-corrected chi connectivity index (χ0v) is 34.7. The van der Waals surface area contributed by atoms with Crippen LogP contribution in [0, 0.1) is 11.8 Å². The van der Waals surface area contributed by atoms with Gasteiger partial charge in [0.15, 0.2) is 37.9 Å². The van der Waals surface area contributed by atoms with Crippen LogP contribution >= 0.6 is 0 Å². The van der Waals surface area contributed by atoms with Crippen LogP contribution in [0.2, 0.25) is 0 Å². The Balaban J connectivity index is 1.25. The zero-order chi connectivity index (χ0) is 42.6. The van der Waals surface area contributed by atoms with Crippen molar-refractivity contribution < 1.29 is 43.0 Å². The molecule has 0 saturated heterocycles. The van der Waals surface area contributed by atoms with Gasteiger partial charge in [-0.3, -0.25) is 14.4 Å². The summed E-state index contributed by atoms with van der Waals surface area (Å²) in [5.41, 5.74) is 4.70. The highest BCUT2D eigenvalue weighted by molar-refractivity contribution is 5.94. The van der Waals surface area contributed by atoms with E-state index in [9.17, 15) is 24.0 Å². The molecule has 4 aromatic rings. The fourth-order valence-corrected chi connectivity index (χ4v) is 6.10. The second-order valence-corrected chi connectivity index (χ2v) is 16.3. The van der Waals surface area contributed by atoms with Crippen molar-refractivity contribution in [1.82, 2.24) is 21.3 Å². The maximum atomic E-state index is 13.3. The van der Waals surface area contributed by atoms with Crippen molar-refractivity contribution in [2.75, 3.05) is 0 Å². The molecule has 0 radical (unpaired) electrons. The second kappa shape index (κ2) is 20.4. The number of hydrogen-bond acceptors (Lipinski definition) is 6. The predicted molar refractivity (Wildman–Crippen MR) is 219 cm³/mol. The summed E-state index contributed by atoms with van der Waals surface area (Å²) in [5.74, 6) is -2.52. The maximum Gasteiger partial charge on any atom is 0.408 e. The third-order valence-electron chi connectivity index (χ3n) is 9.25. The molecule has 3 atom stereocenters. The molecule has 5 N–H and O–H groups in total. The lowest BCUT2D eigenvalue weighted by Crippen LogP contribution is -2.57. The fourth-order valence-electron chi connectivity index (χ4n) is 6.10. The van der Waals surface area contributed by atoms with Crippen LogP contribution in [0.25, 0.3) is 11.1 Å². The predicted octanol–water partition coefficient (Wildman–Crippen LogP) is 4.92. The molecule has 2 aromatic heterocycles. The lowest BCUT2D eigenvalue weighted by molar-refractivity contribution is -0.688. The van der Waals surface area contributed by atoms with E-state index in [2.05, 4.69) is 50.1 Å². The Morgan fingerprint density at radius 3 is 1.57 bits per heavy atom. The van der Waals surface area contributed by atoms with Gasteiger partial charge in [0.2, 0.25) is 17.7 Å². The number of aromatic carboxylic acids is 1. The van der Waals surface area contributed by atoms with Gasteiger partial charge in [0.05, 0.1) is 5.56 Å². The van der Waals surface area contributed by atoms with Crippen LogP contribution < -0.4 is 30.4 Å². The van der Waals surface area contributed by atoms with Crippen molar-refractivity contribution in [3.63, 3.8) is 0 Å². The molecule has 308 valence electrons. The Morgan fingerprint density at radius 1 is 0.638 bits per heavy atom. The number of benzene rings is 2. The normalized spacial score (nSPS) is 12.9. The third-order valence-corrected chi connectivity index (χ3v) is 9.25. The highest BCUT2D eigenvalue weighted by Gasteiger charge is 2.31. The van der Waals surface area contributed by atoms with Gasteiger partial charge < -0.3 is 31.1 Å². The Kier molecular flexibility index (Phi) is 15.7. The molecule has 0 saturated carbocycles. The first-order valence-electron chi connectivity index (χ1n) is 19.6. The monoisotopic (exact) mass is 794 g/mol. The lowest BCUT2D eigenvalue weighted by atomic mass is 10.00. The molecule has 13 heteroatoms.